The number of sulfonamides is 1. The molecule has 1 fully saturated rings. The molecular formula is C10H16N4O4S. The van der Waals surface area contributed by atoms with Gasteiger partial charge in [0.25, 0.3) is 10.0 Å². The normalized spacial score (nSPS) is 25.1. The molecule has 19 heavy (non-hydrogen) atoms. The zero-order valence-electron chi connectivity index (χ0n) is 10.4. The number of rotatable bonds is 3. The second-order valence-electron chi connectivity index (χ2n) is 4.60. The summed E-state index contributed by atoms with van der Waals surface area (Å²) in [5, 5.41) is 11.2. The molecule has 0 radical (unpaired) electrons. The lowest BCUT2D eigenvalue weighted by atomic mass is 9.95. The molecule has 0 unspecified atom stereocenters. The maximum Gasteiger partial charge on any atom is 0.404 e. The van der Waals surface area contributed by atoms with Crippen LogP contribution in [0.15, 0.2) is 17.6 Å². The third-order valence-electron chi connectivity index (χ3n) is 3.27. The highest BCUT2D eigenvalue weighted by atomic mass is 32.2. The first-order valence-electron chi connectivity index (χ1n) is 5.89. The lowest BCUT2D eigenvalue weighted by molar-refractivity contribution is 0.169. The number of hydrogen-bond donors (Lipinski definition) is 3. The van der Waals surface area contributed by atoms with Gasteiger partial charge in [-0.25, -0.2) is 18.2 Å². The van der Waals surface area contributed by atoms with E-state index in [1.54, 1.807) is 0 Å². The predicted octanol–water partition coefficient (Wildman–Crippen LogP) is 0.0764. The van der Waals surface area contributed by atoms with Gasteiger partial charge < -0.3 is 15.4 Å². The van der Waals surface area contributed by atoms with Crippen LogP contribution in [0.5, 0.6) is 0 Å². The number of H-pyrrole nitrogens is 1. The average Bonchev–Trinajstić information content (AvgIpc) is 2.85. The van der Waals surface area contributed by atoms with Crippen molar-refractivity contribution in [1.82, 2.24) is 19.6 Å². The zero-order valence-corrected chi connectivity index (χ0v) is 11.2. The fourth-order valence-electron chi connectivity index (χ4n) is 2.22. The van der Waals surface area contributed by atoms with E-state index < -0.39 is 16.1 Å². The van der Waals surface area contributed by atoms with Crippen molar-refractivity contribution in [3.63, 3.8) is 0 Å². The molecule has 8 nitrogen and oxygen atoms in total. The summed E-state index contributed by atoms with van der Waals surface area (Å²) in [4.78, 5) is 16.9. The van der Waals surface area contributed by atoms with Gasteiger partial charge in [0, 0.05) is 19.1 Å². The molecule has 1 aliphatic heterocycles. The number of amides is 1. The van der Waals surface area contributed by atoms with Crippen molar-refractivity contribution < 1.29 is 18.3 Å². The number of aromatic nitrogens is 2. The monoisotopic (exact) mass is 288 g/mol. The molecule has 2 rings (SSSR count). The van der Waals surface area contributed by atoms with E-state index in [0.717, 1.165) is 0 Å². The predicted molar refractivity (Wildman–Crippen MR) is 66.1 cm³/mol. The van der Waals surface area contributed by atoms with Crippen LogP contribution in [0.3, 0.4) is 0 Å². The minimum Gasteiger partial charge on any atom is -0.465 e. The minimum atomic E-state index is -3.56. The van der Waals surface area contributed by atoms with Gasteiger partial charge >= 0.3 is 6.09 Å². The van der Waals surface area contributed by atoms with E-state index in [9.17, 15) is 13.2 Å². The number of aromatic amines is 1. The fraction of sp³-hybridized carbons (Fsp3) is 0.600. The summed E-state index contributed by atoms with van der Waals surface area (Å²) in [5.74, 6) is -0.0810. The van der Waals surface area contributed by atoms with Crippen molar-refractivity contribution in [3.05, 3.63) is 12.5 Å². The Morgan fingerprint density at radius 3 is 2.89 bits per heavy atom. The van der Waals surface area contributed by atoms with Crippen molar-refractivity contribution in [2.45, 2.75) is 24.4 Å². The molecule has 0 spiro atoms. The van der Waals surface area contributed by atoms with Crippen LogP contribution in [0.2, 0.25) is 0 Å². The highest BCUT2D eigenvalue weighted by Crippen LogP contribution is 2.22. The van der Waals surface area contributed by atoms with Crippen LogP contribution in [-0.4, -0.2) is 53.0 Å². The van der Waals surface area contributed by atoms with E-state index in [2.05, 4.69) is 15.3 Å². The van der Waals surface area contributed by atoms with Crippen LogP contribution < -0.4 is 5.32 Å². The van der Waals surface area contributed by atoms with Crippen molar-refractivity contribution in [2.75, 3.05) is 13.1 Å². The van der Waals surface area contributed by atoms with Crippen molar-refractivity contribution >= 4 is 16.1 Å². The van der Waals surface area contributed by atoms with E-state index in [1.165, 1.54) is 16.8 Å². The molecule has 1 aromatic rings. The van der Waals surface area contributed by atoms with Gasteiger partial charge in [0.15, 0.2) is 5.03 Å². The number of hydrogen-bond acceptors (Lipinski definition) is 4. The second-order valence-corrected chi connectivity index (χ2v) is 6.51. The van der Waals surface area contributed by atoms with Gasteiger partial charge in [-0.3, -0.25) is 0 Å². The molecule has 1 saturated heterocycles. The fourth-order valence-corrected chi connectivity index (χ4v) is 3.67. The Morgan fingerprint density at radius 2 is 2.37 bits per heavy atom. The lowest BCUT2D eigenvalue weighted by Crippen LogP contribution is -2.51. The zero-order chi connectivity index (χ0) is 14.0. The summed E-state index contributed by atoms with van der Waals surface area (Å²) < 4.78 is 25.8. The number of nitrogens with zero attached hydrogens (tertiary/aromatic N) is 2. The Kier molecular flexibility index (Phi) is 3.76. The molecule has 0 aromatic carbocycles. The Balaban J connectivity index is 2.08. The molecule has 0 aliphatic carbocycles. The molecule has 106 valence electrons. The molecular weight excluding hydrogens is 272 g/mol. The summed E-state index contributed by atoms with van der Waals surface area (Å²) in [7, 11) is -3.56. The Labute approximate surface area is 110 Å². The number of carbonyl (C=O) groups is 1. The smallest absolute Gasteiger partial charge is 0.404 e. The van der Waals surface area contributed by atoms with Crippen molar-refractivity contribution in [1.29, 1.82) is 0 Å². The summed E-state index contributed by atoms with van der Waals surface area (Å²) in [6.45, 7) is 2.40. The van der Waals surface area contributed by atoms with Gasteiger partial charge in [-0.1, -0.05) is 6.92 Å². The van der Waals surface area contributed by atoms with Crippen LogP contribution in [0, 0.1) is 5.92 Å². The van der Waals surface area contributed by atoms with E-state index in [-0.39, 0.29) is 30.1 Å². The number of carboxylic acid groups (broad SMARTS) is 1. The molecule has 2 heterocycles. The number of imidazole rings is 1. The third-order valence-corrected chi connectivity index (χ3v) is 5.06. The molecule has 0 bridgehead atoms. The Hall–Kier alpha value is -1.61. The maximum absolute atomic E-state index is 12.2. The quantitative estimate of drug-likeness (QED) is 0.728. The first-order valence-corrected chi connectivity index (χ1v) is 7.33. The van der Waals surface area contributed by atoms with Gasteiger partial charge in [-0.05, 0) is 12.3 Å². The highest BCUT2D eigenvalue weighted by Gasteiger charge is 2.34. The molecule has 3 N–H and O–H groups in total. The molecule has 0 saturated carbocycles. The van der Waals surface area contributed by atoms with E-state index in [0.29, 0.717) is 6.42 Å². The second kappa shape index (κ2) is 5.17. The summed E-state index contributed by atoms with van der Waals surface area (Å²) >= 11 is 0. The molecule has 1 aliphatic rings. The lowest BCUT2D eigenvalue weighted by Gasteiger charge is -2.35. The largest absolute Gasteiger partial charge is 0.465 e. The Bertz CT molecular complexity index is 542. The molecule has 9 heteroatoms. The van der Waals surface area contributed by atoms with E-state index in [1.807, 2.05) is 6.92 Å². The standard InChI is InChI=1S/C10H16N4O4S/c1-7-5-14(3-2-8(7)13-10(15)16)19(17,18)9-4-11-6-12-9/h4,6-8,13H,2-3,5H2,1H3,(H,11,12)(H,15,16)/t7-,8+/m1/s1. The van der Waals surface area contributed by atoms with Gasteiger partial charge in [-0.15, -0.1) is 0 Å². The Morgan fingerprint density at radius 1 is 1.63 bits per heavy atom. The van der Waals surface area contributed by atoms with Gasteiger partial charge in [-0.2, -0.15) is 4.31 Å². The maximum atomic E-state index is 12.2. The van der Waals surface area contributed by atoms with Crippen LogP contribution in [0.1, 0.15) is 13.3 Å². The summed E-state index contributed by atoms with van der Waals surface area (Å²) in [5.41, 5.74) is 0. The molecule has 1 amide bonds. The van der Waals surface area contributed by atoms with Gasteiger partial charge in [0.1, 0.15) is 0 Å². The topological polar surface area (TPSA) is 115 Å². The van der Waals surface area contributed by atoms with Crippen molar-refractivity contribution in [3.8, 4) is 0 Å². The van der Waals surface area contributed by atoms with Crippen LogP contribution in [0.25, 0.3) is 0 Å². The highest BCUT2D eigenvalue weighted by molar-refractivity contribution is 7.89. The average molecular weight is 288 g/mol. The van der Waals surface area contributed by atoms with E-state index >= 15 is 0 Å². The number of nitrogens with one attached hydrogen (secondary N) is 2. The van der Waals surface area contributed by atoms with Gasteiger partial charge in [0.05, 0.1) is 12.5 Å². The van der Waals surface area contributed by atoms with Crippen molar-refractivity contribution in [2.24, 2.45) is 5.92 Å². The summed E-state index contributed by atoms with van der Waals surface area (Å²) in [6, 6.07) is -0.217. The van der Waals surface area contributed by atoms with Crippen LogP contribution in [-0.2, 0) is 10.0 Å². The van der Waals surface area contributed by atoms with Crippen LogP contribution in [0.4, 0.5) is 4.79 Å². The third kappa shape index (κ3) is 2.87. The molecule has 2 atom stereocenters. The minimum absolute atomic E-state index is 0.0596. The summed E-state index contributed by atoms with van der Waals surface area (Å²) in [6.07, 6.45) is 1.96. The number of piperidine rings is 1. The first-order chi connectivity index (χ1) is 8.91. The van der Waals surface area contributed by atoms with Gasteiger partial charge in [0.2, 0.25) is 0 Å². The van der Waals surface area contributed by atoms with E-state index in [4.69, 9.17) is 5.11 Å². The van der Waals surface area contributed by atoms with Crippen LogP contribution >= 0.6 is 0 Å². The first kappa shape index (κ1) is 13.8. The molecule has 1 aromatic heterocycles. The SMILES string of the molecule is C[C@@H]1CN(S(=O)(=O)c2cnc[nH]2)CC[C@@H]1NC(=O)O.